The smallest absolute Gasteiger partial charge is 0.192 e. The molecule has 3 nitrogen and oxygen atoms in total. The van der Waals surface area contributed by atoms with Crippen LogP contribution >= 0.6 is 11.8 Å². The molecular formula is C9H13N3S. The van der Waals surface area contributed by atoms with E-state index in [1.54, 1.807) is 18.8 Å². The first kappa shape index (κ1) is 9.92. The summed E-state index contributed by atoms with van der Waals surface area (Å²) in [5, 5.41) is 2.96. The fourth-order valence-corrected chi connectivity index (χ4v) is 1.29. The van der Waals surface area contributed by atoms with Crippen LogP contribution in [0.15, 0.2) is 34.2 Å². The van der Waals surface area contributed by atoms with Crippen LogP contribution in [0.25, 0.3) is 0 Å². The Morgan fingerprint density at radius 1 is 1.38 bits per heavy atom. The summed E-state index contributed by atoms with van der Waals surface area (Å²) < 4.78 is 0. The number of thioether (sulfide) groups is 1. The molecular weight excluding hydrogens is 182 g/mol. The molecule has 0 radical (unpaired) electrons. The van der Waals surface area contributed by atoms with Crippen LogP contribution in [-0.4, -0.2) is 19.3 Å². The number of nitrogens with two attached hydrogens (primary N) is 1. The fourth-order valence-electron chi connectivity index (χ4n) is 0.878. The minimum absolute atomic E-state index is 0.428. The standard InChI is InChI=1S/C9H13N3S/c1-11-9(10)12-7-3-5-8(13-2)6-4-7/h3-6H,1-2H3,(H3,10,11,12). The van der Waals surface area contributed by atoms with E-state index >= 15 is 0 Å². The van der Waals surface area contributed by atoms with Gasteiger partial charge in [-0.1, -0.05) is 0 Å². The summed E-state index contributed by atoms with van der Waals surface area (Å²) in [7, 11) is 1.65. The van der Waals surface area contributed by atoms with E-state index in [2.05, 4.69) is 10.3 Å². The van der Waals surface area contributed by atoms with Gasteiger partial charge in [0.25, 0.3) is 0 Å². The highest BCUT2D eigenvalue weighted by atomic mass is 32.2. The number of nitrogens with one attached hydrogen (secondary N) is 1. The maximum absolute atomic E-state index is 5.51. The highest BCUT2D eigenvalue weighted by Crippen LogP contribution is 2.16. The zero-order chi connectivity index (χ0) is 9.68. The third-order valence-corrected chi connectivity index (χ3v) is 2.35. The average Bonchev–Trinajstić information content (AvgIpc) is 2.19. The van der Waals surface area contributed by atoms with E-state index in [4.69, 9.17) is 5.73 Å². The Bertz CT molecular complexity index is 292. The Morgan fingerprint density at radius 2 is 2.00 bits per heavy atom. The predicted molar refractivity (Wildman–Crippen MR) is 59.4 cm³/mol. The largest absolute Gasteiger partial charge is 0.370 e. The van der Waals surface area contributed by atoms with Crippen LogP contribution in [0.3, 0.4) is 0 Å². The van der Waals surface area contributed by atoms with Crippen LogP contribution < -0.4 is 11.1 Å². The third-order valence-electron chi connectivity index (χ3n) is 1.60. The van der Waals surface area contributed by atoms with Crippen LogP contribution in [0.4, 0.5) is 5.69 Å². The Labute approximate surface area is 82.4 Å². The molecule has 0 unspecified atom stereocenters. The van der Waals surface area contributed by atoms with Crippen molar-refractivity contribution < 1.29 is 0 Å². The molecule has 0 aromatic heterocycles. The van der Waals surface area contributed by atoms with Gasteiger partial charge in [-0.3, -0.25) is 4.99 Å². The quantitative estimate of drug-likeness (QED) is 0.429. The number of benzene rings is 1. The van der Waals surface area contributed by atoms with Crippen molar-refractivity contribution >= 4 is 23.4 Å². The summed E-state index contributed by atoms with van der Waals surface area (Å²) >= 11 is 1.71. The lowest BCUT2D eigenvalue weighted by molar-refractivity contribution is 1.37. The van der Waals surface area contributed by atoms with E-state index in [-0.39, 0.29) is 0 Å². The van der Waals surface area contributed by atoms with E-state index in [1.807, 2.05) is 30.5 Å². The number of guanidine groups is 1. The second-order valence-corrected chi connectivity index (χ2v) is 3.34. The number of anilines is 1. The van der Waals surface area contributed by atoms with Crippen molar-refractivity contribution in [3.8, 4) is 0 Å². The summed E-state index contributed by atoms with van der Waals surface area (Å²) in [5.41, 5.74) is 6.47. The highest BCUT2D eigenvalue weighted by Gasteiger charge is 1.93. The van der Waals surface area contributed by atoms with Crippen molar-refractivity contribution in [3.05, 3.63) is 24.3 Å². The fraction of sp³-hybridized carbons (Fsp3) is 0.222. The molecule has 1 aromatic carbocycles. The van der Waals surface area contributed by atoms with Crippen LogP contribution in [-0.2, 0) is 0 Å². The monoisotopic (exact) mass is 195 g/mol. The molecule has 0 aliphatic heterocycles. The van der Waals surface area contributed by atoms with Gasteiger partial charge in [0.2, 0.25) is 0 Å². The van der Waals surface area contributed by atoms with Crippen LogP contribution in [0, 0.1) is 0 Å². The lowest BCUT2D eigenvalue weighted by atomic mass is 10.3. The van der Waals surface area contributed by atoms with E-state index < -0.39 is 0 Å². The SMILES string of the molecule is CN=C(N)Nc1ccc(SC)cc1. The van der Waals surface area contributed by atoms with Crippen molar-refractivity contribution in [2.45, 2.75) is 4.90 Å². The number of nitrogens with zero attached hydrogens (tertiary/aromatic N) is 1. The van der Waals surface area contributed by atoms with Gasteiger partial charge in [0.05, 0.1) is 0 Å². The van der Waals surface area contributed by atoms with Gasteiger partial charge in [-0.05, 0) is 30.5 Å². The van der Waals surface area contributed by atoms with E-state index in [9.17, 15) is 0 Å². The van der Waals surface area contributed by atoms with Gasteiger partial charge in [0.15, 0.2) is 5.96 Å². The van der Waals surface area contributed by atoms with Crippen molar-refractivity contribution in [2.24, 2.45) is 10.7 Å². The second-order valence-electron chi connectivity index (χ2n) is 2.46. The maximum Gasteiger partial charge on any atom is 0.192 e. The molecule has 0 heterocycles. The zero-order valence-corrected chi connectivity index (χ0v) is 8.56. The summed E-state index contributed by atoms with van der Waals surface area (Å²) in [5.74, 6) is 0.428. The van der Waals surface area contributed by atoms with Crippen molar-refractivity contribution in [3.63, 3.8) is 0 Å². The van der Waals surface area contributed by atoms with Gasteiger partial charge >= 0.3 is 0 Å². The van der Waals surface area contributed by atoms with Gasteiger partial charge in [0.1, 0.15) is 0 Å². The molecule has 0 atom stereocenters. The van der Waals surface area contributed by atoms with Gasteiger partial charge in [-0.15, -0.1) is 11.8 Å². The van der Waals surface area contributed by atoms with E-state index in [0.29, 0.717) is 5.96 Å². The van der Waals surface area contributed by atoms with E-state index in [0.717, 1.165) is 5.69 Å². The molecule has 3 N–H and O–H groups in total. The topological polar surface area (TPSA) is 50.4 Å². The van der Waals surface area contributed by atoms with Gasteiger partial charge < -0.3 is 11.1 Å². The van der Waals surface area contributed by atoms with Crippen molar-refractivity contribution in [1.29, 1.82) is 0 Å². The molecule has 1 rings (SSSR count). The first-order chi connectivity index (χ1) is 6.26. The summed E-state index contributed by atoms with van der Waals surface area (Å²) in [6, 6.07) is 8.03. The average molecular weight is 195 g/mol. The number of rotatable bonds is 2. The molecule has 1 aromatic rings. The molecule has 0 saturated heterocycles. The molecule has 13 heavy (non-hydrogen) atoms. The summed E-state index contributed by atoms with van der Waals surface area (Å²) in [4.78, 5) is 5.04. The van der Waals surface area contributed by atoms with Gasteiger partial charge in [-0.25, -0.2) is 0 Å². The molecule has 0 aliphatic carbocycles. The Kier molecular flexibility index (Phi) is 3.64. The predicted octanol–water partition coefficient (Wildman–Crippen LogP) is 1.76. The molecule has 0 fully saturated rings. The minimum atomic E-state index is 0.428. The molecule has 0 saturated carbocycles. The van der Waals surface area contributed by atoms with Crippen LogP contribution in [0.1, 0.15) is 0 Å². The second kappa shape index (κ2) is 4.77. The van der Waals surface area contributed by atoms with Gasteiger partial charge in [0, 0.05) is 17.6 Å². The van der Waals surface area contributed by atoms with Gasteiger partial charge in [-0.2, -0.15) is 0 Å². The lowest BCUT2D eigenvalue weighted by Gasteiger charge is -2.04. The molecule has 0 aliphatic rings. The van der Waals surface area contributed by atoms with Crippen molar-refractivity contribution in [1.82, 2.24) is 0 Å². The summed E-state index contributed by atoms with van der Waals surface area (Å²) in [6.45, 7) is 0. The molecule has 0 bridgehead atoms. The Balaban J connectivity index is 2.69. The molecule has 70 valence electrons. The Hall–Kier alpha value is -1.16. The lowest BCUT2D eigenvalue weighted by Crippen LogP contribution is -2.21. The first-order valence-corrected chi connectivity index (χ1v) is 5.12. The van der Waals surface area contributed by atoms with Crippen molar-refractivity contribution in [2.75, 3.05) is 18.6 Å². The number of aliphatic imine (C=N–C) groups is 1. The number of hydrogen-bond acceptors (Lipinski definition) is 2. The van der Waals surface area contributed by atoms with E-state index in [1.165, 1.54) is 4.90 Å². The summed E-state index contributed by atoms with van der Waals surface area (Å²) in [6.07, 6.45) is 2.05. The number of hydrogen-bond donors (Lipinski definition) is 2. The molecule has 0 spiro atoms. The third kappa shape index (κ3) is 2.99. The molecule has 4 heteroatoms. The minimum Gasteiger partial charge on any atom is -0.370 e. The normalized spacial score (nSPS) is 11.4. The highest BCUT2D eigenvalue weighted by molar-refractivity contribution is 7.98. The van der Waals surface area contributed by atoms with Crippen LogP contribution in [0.2, 0.25) is 0 Å². The molecule has 0 amide bonds. The zero-order valence-electron chi connectivity index (χ0n) is 7.74. The van der Waals surface area contributed by atoms with Crippen LogP contribution in [0.5, 0.6) is 0 Å². The maximum atomic E-state index is 5.51. The first-order valence-electron chi connectivity index (χ1n) is 3.89. The Morgan fingerprint density at radius 3 is 2.46 bits per heavy atom.